The van der Waals surface area contributed by atoms with Crippen LogP contribution in [0.25, 0.3) is 0 Å². The number of rotatable bonds is 57. The zero-order valence-electron chi connectivity index (χ0n) is 48.3. The van der Waals surface area contributed by atoms with Gasteiger partial charge in [0.1, 0.15) is 13.2 Å². The number of hydrogen-bond donors (Lipinski definition) is 0. The van der Waals surface area contributed by atoms with Crippen LogP contribution in [-0.2, 0) is 28.6 Å². The molecule has 6 nitrogen and oxygen atoms in total. The molecule has 6 heteroatoms. The lowest BCUT2D eigenvalue weighted by Gasteiger charge is -2.18. The van der Waals surface area contributed by atoms with E-state index in [9.17, 15) is 14.4 Å². The van der Waals surface area contributed by atoms with E-state index in [0.717, 1.165) is 75.5 Å². The number of esters is 3. The molecule has 0 aliphatic carbocycles. The van der Waals surface area contributed by atoms with Gasteiger partial charge in [-0.2, -0.15) is 0 Å². The molecular weight excluding hydrogens is 865 g/mol. The number of unbranched alkanes of at least 4 members (excludes halogenated alkanes) is 39. The summed E-state index contributed by atoms with van der Waals surface area (Å²) < 4.78 is 16.9. The molecule has 0 saturated heterocycles. The maximum Gasteiger partial charge on any atom is 0.306 e. The molecule has 0 N–H and O–H groups in total. The van der Waals surface area contributed by atoms with Crippen LogP contribution in [0.4, 0.5) is 0 Å². The van der Waals surface area contributed by atoms with Gasteiger partial charge in [0.2, 0.25) is 0 Å². The zero-order valence-corrected chi connectivity index (χ0v) is 48.3. The summed E-state index contributed by atoms with van der Waals surface area (Å²) in [6.45, 7) is 13.8. The summed E-state index contributed by atoms with van der Waals surface area (Å²) in [7, 11) is 0. The fourth-order valence-corrected chi connectivity index (χ4v) is 9.85. The Hall–Kier alpha value is -1.59. The van der Waals surface area contributed by atoms with E-state index in [2.05, 4.69) is 41.5 Å². The fourth-order valence-electron chi connectivity index (χ4n) is 9.85. The van der Waals surface area contributed by atoms with E-state index in [1.807, 2.05) is 0 Å². The highest BCUT2D eigenvalue weighted by Gasteiger charge is 2.19. The molecule has 0 saturated carbocycles. The van der Waals surface area contributed by atoms with Crippen molar-refractivity contribution in [2.45, 2.75) is 362 Å². The Labute approximate surface area is 438 Å². The van der Waals surface area contributed by atoms with Crippen molar-refractivity contribution in [3.8, 4) is 0 Å². The predicted molar refractivity (Wildman–Crippen MR) is 303 cm³/mol. The fraction of sp³-hybridized carbons (Fsp3) is 0.953. The summed E-state index contributed by atoms with van der Waals surface area (Å²) in [5.41, 5.74) is 0. The summed E-state index contributed by atoms with van der Waals surface area (Å²) >= 11 is 0. The largest absolute Gasteiger partial charge is 0.462 e. The molecule has 0 aliphatic rings. The van der Waals surface area contributed by atoms with Crippen LogP contribution in [0.3, 0.4) is 0 Å². The Kier molecular flexibility index (Phi) is 53.9. The van der Waals surface area contributed by atoms with Crippen LogP contribution in [-0.4, -0.2) is 37.2 Å². The van der Waals surface area contributed by atoms with Crippen molar-refractivity contribution >= 4 is 17.9 Å². The first-order valence-corrected chi connectivity index (χ1v) is 31.6. The van der Waals surface area contributed by atoms with Crippen molar-refractivity contribution in [3.63, 3.8) is 0 Å². The normalized spacial score (nSPS) is 12.5. The second kappa shape index (κ2) is 55.2. The maximum absolute atomic E-state index is 12.9. The van der Waals surface area contributed by atoms with Gasteiger partial charge in [-0.05, 0) is 37.0 Å². The molecule has 416 valence electrons. The van der Waals surface area contributed by atoms with E-state index < -0.39 is 6.10 Å². The third kappa shape index (κ3) is 55.7. The van der Waals surface area contributed by atoms with Crippen molar-refractivity contribution in [1.82, 2.24) is 0 Å². The first-order chi connectivity index (χ1) is 34.1. The van der Waals surface area contributed by atoms with E-state index >= 15 is 0 Å². The number of carbonyl (C=O) groups excluding carboxylic acids is 3. The van der Waals surface area contributed by atoms with Crippen LogP contribution in [0.15, 0.2) is 0 Å². The van der Waals surface area contributed by atoms with Gasteiger partial charge in [-0.15, -0.1) is 0 Å². The molecule has 0 aliphatic heterocycles. The Morgan fingerprint density at radius 3 is 0.743 bits per heavy atom. The molecule has 0 bridgehead atoms. The van der Waals surface area contributed by atoms with E-state index in [1.54, 1.807) is 0 Å². The minimum Gasteiger partial charge on any atom is -0.462 e. The SMILES string of the molecule is CCC(C)CCCCCCCCCCC(=O)OC[C@H](COC(=O)CCCCCCCCCCCCCCCCCCCCC(C)C)OC(=O)CCCCCCCCCCCCCCCCCCC(C)C. The Balaban J connectivity index is 4.24. The molecule has 0 aromatic rings. The third-order valence-corrected chi connectivity index (χ3v) is 15.0. The van der Waals surface area contributed by atoms with Crippen LogP contribution in [0.5, 0.6) is 0 Å². The van der Waals surface area contributed by atoms with Crippen LogP contribution in [0.2, 0.25) is 0 Å². The highest BCUT2D eigenvalue weighted by Crippen LogP contribution is 2.19. The van der Waals surface area contributed by atoms with Crippen molar-refractivity contribution < 1.29 is 28.6 Å². The van der Waals surface area contributed by atoms with E-state index in [-0.39, 0.29) is 31.1 Å². The number of carbonyl (C=O) groups is 3. The second-order valence-corrected chi connectivity index (χ2v) is 23.2. The molecule has 0 fully saturated rings. The van der Waals surface area contributed by atoms with Crippen molar-refractivity contribution in [2.24, 2.45) is 17.8 Å². The van der Waals surface area contributed by atoms with Crippen LogP contribution in [0, 0.1) is 17.8 Å². The van der Waals surface area contributed by atoms with E-state index in [1.165, 1.54) is 238 Å². The van der Waals surface area contributed by atoms with Crippen LogP contribution in [0.1, 0.15) is 356 Å². The minimum atomic E-state index is -0.764. The molecule has 1 unspecified atom stereocenters. The maximum atomic E-state index is 12.9. The van der Waals surface area contributed by atoms with E-state index in [0.29, 0.717) is 19.3 Å². The molecule has 2 atom stereocenters. The van der Waals surface area contributed by atoms with Crippen molar-refractivity contribution in [3.05, 3.63) is 0 Å². The Bertz CT molecular complexity index is 1090. The van der Waals surface area contributed by atoms with Gasteiger partial charge in [0.05, 0.1) is 0 Å². The van der Waals surface area contributed by atoms with Crippen LogP contribution < -0.4 is 0 Å². The minimum absolute atomic E-state index is 0.0630. The summed E-state index contributed by atoms with van der Waals surface area (Å²) in [5, 5.41) is 0. The monoisotopic (exact) mass is 989 g/mol. The molecule has 0 amide bonds. The van der Waals surface area contributed by atoms with Gasteiger partial charge in [0, 0.05) is 19.3 Å². The molecular formula is C64H124O6. The summed E-state index contributed by atoms with van der Waals surface area (Å²) in [5.74, 6) is 1.72. The average molecular weight is 990 g/mol. The first kappa shape index (κ1) is 68.4. The van der Waals surface area contributed by atoms with Crippen molar-refractivity contribution in [1.29, 1.82) is 0 Å². The molecule has 70 heavy (non-hydrogen) atoms. The smallest absolute Gasteiger partial charge is 0.306 e. The van der Waals surface area contributed by atoms with Gasteiger partial charge in [-0.1, -0.05) is 318 Å². The zero-order chi connectivity index (χ0) is 51.2. The van der Waals surface area contributed by atoms with E-state index in [4.69, 9.17) is 14.2 Å². The molecule has 0 rings (SSSR count). The summed E-state index contributed by atoms with van der Waals surface area (Å²) in [6.07, 6.45) is 59.6. The van der Waals surface area contributed by atoms with Gasteiger partial charge in [0.25, 0.3) is 0 Å². The lowest BCUT2D eigenvalue weighted by atomic mass is 9.99. The lowest BCUT2D eigenvalue weighted by molar-refractivity contribution is -0.167. The van der Waals surface area contributed by atoms with Gasteiger partial charge in [-0.3, -0.25) is 14.4 Å². The molecule has 0 radical (unpaired) electrons. The van der Waals surface area contributed by atoms with Gasteiger partial charge < -0.3 is 14.2 Å². The predicted octanol–water partition coefficient (Wildman–Crippen LogP) is 21.1. The van der Waals surface area contributed by atoms with Gasteiger partial charge >= 0.3 is 17.9 Å². The highest BCUT2D eigenvalue weighted by atomic mass is 16.6. The van der Waals surface area contributed by atoms with Crippen LogP contribution >= 0.6 is 0 Å². The molecule has 0 spiro atoms. The third-order valence-electron chi connectivity index (χ3n) is 15.0. The van der Waals surface area contributed by atoms with Gasteiger partial charge in [0.15, 0.2) is 6.10 Å². The summed E-state index contributed by atoms with van der Waals surface area (Å²) in [4.78, 5) is 38.3. The van der Waals surface area contributed by atoms with Crippen molar-refractivity contribution in [2.75, 3.05) is 13.2 Å². The topological polar surface area (TPSA) is 78.9 Å². The molecule has 0 aromatic heterocycles. The second-order valence-electron chi connectivity index (χ2n) is 23.2. The molecule has 0 heterocycles. The quantitative estimate of drug-likeness (QED) is 0.0343. The standard InChI is InChI=1S/C64H124O6/c1-7-60(6)52-46-40-34-30-31-36-42-48-54-63(66)69-57-61(70-64(67)55-49-43-37-29-25-21-17-13-12-15-19-23-27-33-39-45-51-59(4)5)56-68-62(65)53-47-41-35-28-24-20-16-11-9-8-10-14-18-22-26-32-38-44-50-58(2)3/h58-61H,7-57H2,1-6H3/t60?,61-/m0/s1. The van der Waals surface area contributed by atoms with Gasteiger partial charge in [-0.25, -0.2) is 0 Å². The number of hydrogen-bond acceptors (Lipinski definition) is 6. The highest BCUT2D eigenvalue weighted by molar-refractivity contribution is 5.71. The Morgan fingerprint density at radius 2 is 0.500 bits per heavy atom. The lowest BCUT2D eigenvalue weighted by Crippen LogP contribution is -2.30. The number of ether oxygens (including phenoxy) is 3. The Morgan fingerprint density at radius 1 is 0.286 bits per heavy atom. The average Bonchev–Trinajstić information content (AvgIpc) is 3.33. The molecule has 0 aromatic carbocycles. The summed E-state index contributed by atoms with van der Waals surface area (Å²) in [6, 6.07) is 0. The first-order valence-electron chi connectivity index (χ1n) is 31.6.